The molecule has 7 nitrogen and oxygen atoms in total. The lowest BCUT2D eigenvalue weighted by Gasteiger charge is -1.96. The number of amides is 1. The molecule has 94 valence electrons. The molecule has 3 N–H and O–H groups in total. The van der Waals surface area contributed by atoms with Crippen LogP contribution in [0, 0.1) is 13.8 Å². The van der Waals surface area contributed by atoms with E-state index < -0.39 is 5.91 Å². The summed E-state index contributed by atoms with van der Waals surface area (Å²) in [5.41, 5.74) is 2.44. The molecule has 2 heterocycles. The van der Waals surface area contributed by atoms with Gasteiger partial charge < -0.3 is 4.42 Å². The molecule has 0 aliphatic heterocycles. The second kappa shape index (κ2) is 4.74. The minimum absolute atomic E-state index is 0.160. The molecular formula is C11H12N4O3. The zero-order valence-corrected chi connectivity index (χ0v) is 9.90. The molecule has 0 spiro atoms. The molecule has 0 saturated carbocycles. The van der Waals surface area contributed by atoms with Crippen molar-refractivity contribution in [1.29, 1.82) is 0 Å². The fourth-order valence-electron chi connectivity index (χ4n) is 1.38. The summed E-state index contributed by atoms with van der Waals surface area (Å²) in [6, 6.07) is 3.52. The van der Waals surface area contributed by atoms with Crippen LogP contribution in [-0.4, -0.2) is 22.3 Å². The van der Waals surface area contributed by atoms with Crippen LogP contribution in [0.25, 0.3) is 0 Å². The van der Waals surface area contributed by atoms with E-state index in [2.05, 4.69) is 20.7 Å². The van der Waals surface area contributed by atoms with Gasteiger partial charge in [-0.15, -0.1) is 0 Å². The summed E-state index contributed by atoms with van der Waals surface area (Å²) in [5.74, 6) is 0.797. The van der Waals surface area contributed by atoms with E-state index in [0.717, 1.165) is 5.76 Å². The first-order chi connectivity index (χ1) is 8.58. The van der Waals surface area contributed by atoms with Gasteiger partial charge in [-0.2, -0.15) is 5.10 Å². The Balaban J connectivity index is 2.03. The van der Waals surface area contributed by atoms with Crippen LogP contribution in [0.1, 0.15) is 27.6 Å². The molecule has 2 aromatic heterocycles. The molecule has 0 saturated heterocycles. The molecule has 1 amide bonds. The van der Waals surface area contributed by atoms with Crippen LogP contribution < -0.4 is 11.0 Å². The number of hydrazone groups is 1. The SMILES string of the molecule is Cc1ccc(/C=N\NC(=O)c2[nH][nH]c(=O)c2C)o1. The van der Waals surface area contributed by atoms with Crippen molar-refractivity contribution < 1.29 is 9.21 Å². The standard InChI is InChI=1S/C11H12N4O3/c1-6-3-4-8(18-6)5-12-14-11(17)9-7(2)10(16)15-13-9/h3-5H,1-2H3,(H,14,17)(H2,13,15,16)/b12-5-. The average Bonchev–Trinajstić information content (AvgIpc) is 2.87. The third-order valence-corrected chi connectivity index (χ3v) is 2.36. The van der Waals surface area contributed by atoms with Crippen molar-refractivity contribution in [2.45, 2.75) is 13.8 Å². The summed E-state index contributed by atoms with van der Waals surface area (Å²) in [7, 11) is 0. The van der Waals surface area contributed by atoms with Gasteiger partial charge >= 0.3 is 0 Å². The summed E-state index contributed by atoms with van der Waals surface area (Å²) >= 11 is 0. The highest BCUT2D eigenvalue weighted by atomic mass is 16.3. The highest BCUT2D eigenvalue weighted by Crippen LogP contribution is 2.02. The number of carbonyl (C=O) groups is 1. The van der Waals surface area contributed by atoms with E-state index >= 15 is 0 Å². The highest BCUT2D eigenvalue weighted by Gasteiger charge is 2.12. The molecule has 18 heavy (non-hydrogen) atoms. The number of carbonyl (C=O) groups excluding carboxylic acids is 1. The number of hydrogen-bond acceptors (Lipinski definition) is 4. The smallest absolute Gasteiger partial charge is 0.289 e. The molecule has 0 unspecified atom stereocenters. The van der Waals surface area contributed by atoms with E-state index in [1.54, 1.807) is 19.1 Å². The van der Waals surface area contributed by atoms with Gasteiger partial charge in [-0.1, -0.05) is 0 Å². The van der Waals surface area contributed by atoms with E-state index in [9.17, 15) is 9.59 Å². The average molecular weight is 248 g/mol. The van der Waals surface area contributed by atoms with Gasteiger partial charge in [0, 0.05) is 5.56 Å². The molecule has 0 aromatic carbocycles. The van der Waals surface area contributed by atoms with Gasteiger partial charge in [0.25, 0.3) is 11.5 Å². The minimum atomic E-state index is -0.495. The number of hydrogen-bond donors (Lipinski definition) is 3. The van der Waals surface area contributed by atoms with Crippen molar-refractivity contribution in [3.8, 4) is 0 Å². The van der Waals surface area contributed by atoms with Gasteiger partial charge in [-0.25, -0.2) is 5.43 Å². The molecule has 0 atom stereocenters. The van der Waals surface area contributed by atoms with Crippen LogP contribution in [-0.2, 0) is 0 Å². The van der Waals surface area contributed by atoms with Crippen molar-refractivity contribution in [3.63, 3.8) is 0 Å². The topological polar surface area (TPSA) is 103 Å². The number of aryl methyl sites for hydroxylation is 1. The normalized spacial score (nSPS) is 11.0. The van der Waals surface area contributed by atoms with Crippen molar-refractivity contribution in [3.05, 3.63) is 45.3 Å². The minimum Gasteiger partial charge on any atom is -0.460 e. The Labute approximate surface area is 102 Å². The predicted octanol–water partition coefficient (Wildman–Crippen LogP) is 0.677. The van der Waals surface area contributed by atoms with E-state index in [1.807, 2.05) is 6.92 Å². The molecular weight excluding hydrogens is 236 g/mol. The summed E-state index contributed by atoms with van der Waals surface area (Å²) < 4.78 is 5.23. The summed E-state index contributed by atoms with van der Waals surface area (Å²) in [6.45, 7) is 3.35. The molecule has 2 rings (SSSR count). The Bertz CT molecular complexity index is 647. The van der Waals surface area contributed by atoms with Crippen LogP contribution in [0.3, 0.4) is 0 Å². The van der Waals surface area contributed by atoms with Crippen LogP contribution >= 0.6 is 0 Å². The molecule has 0 aliphatic rings. The van der Waals surface area contributed by atoms with E-state index in [4.69, 9.17) is 4.42 Å². The lowest BCUT2D eigenvalue weighted by molar-refractivity contribution is 0.0949. The van der Waals surface area contributed by atoms with Crippen LogP contribution in [0.5, 0.6) is 0 Å². The lowest BCUT2D eigenvalue weighted by Crippen LogP contribution is -2.19. The fourth-order valence-corrected chi connectivity index (χ4v) is 1.38. The van der Waals surface area contributed by atoms with Crippen LogP contribution in [0.15, 0.2) is 26.4 Å². The maximum Gasteiger partial charge on any atom is 0.289 e. The Morgan fingerprint density at radius 2 is 2.17 bits per heavy atom. The Morgan fingerprint density at radius 3 is 2.72 bits per heavy atom. The van der Waals surface area contributed by atoms with Gasteiger partial charge in [0.2, 0.25) is 0 Å². The highest BCUT2D eigenvalue weighted by molar-refractivity contribution is 5.94. The number of aromatic amines is 2. The Hall–Kier alpha value is -2.57. The first-order valence-corrected chi connectivity index (χ1v) is 5.25. The zero-order chi connectivity index (χ0) is 13.1. The molecule has 0 radical (unpaired) electrons. The van der Waals surface area contributed by atoms with Crippen LogP contribution in [0.2, 0.25) is 0 Å². The lowest BCUT2D eigenvalue weighted by atomic mass is 10.3. The number of H-pyrrole nitrogens is 2. The van der Waals surface area contributed by atoms with Gasteiger partial charge in [-0.05, 0) is 26.0 Å². The summed E-state index contributed by atoms with van der Waals surface area (Å²) in [5, 5.41) is 8.52. The van der Waals surface area contributed by atoms with Gasteiger partial charge in [0.15, 0.2) is 0 Å². The molecule has 2 aromatic rings. The fraction of sp³-hybridized carbons (Fsp3) is 0.182. The first-order valence-electron chi connectivity index (χ1n) is 5.25. The maximum absolute atomic E-state index is 11.6. The maximum atomic E-state index is 11.6. The predicted molar refractivity (Wildman–Crippen MR) is 64.7 cm³/mol. The van der Waals surface area contributed by atoms with E-state index in [0.29, 0.717) is 11.3 Å². The number of nitrogens with one attached hydrogen (secondary N) is 3. The van der Waals surface area contributed by atoms with Crippen molar-refractivity contribution in [2.24, 2.45) is 5.10 Å². The number of rotatable bonds is 3. The van der Waals surface area contributed by atoms with Gasteiger partial charge in [0.1, 0.15) is 17.2 Å². The second-order valence-electron chi connectivity index (χ2n) is 3.73. The third kappa shape index (κ3) is 2.40. The number of furan rings is 1. The first kappa shape index (κ1) is 11.9. The molecule has 7 heteroatoms. The van der Waals surface area contributed by atoms with E-state index in [-0.39, 0.29) is 11.3 Å². The monoisotopic (exact) mass is 248 g/mol. The molecule has 0 fully saturated rings. The summed E-state index contributed by atoms with van der Waals surface area (Å²) in [4.78, 5) is 22.8. The van der Waals surface area contributed by atoms with Crippen molar-refractivity contribution >= 4 is 12.1 Å². The third-order valence-electron chi connectivity index (χ3n) is 2.36. The zero-order valence-electron chi connectivity index (χ0n) is 9.90. The largest absolute Gasteiger partial charge is 0.460 e. The number of aromatic nitrogens is 2. The van der Waals surface area contributed by atoms with Gasteiger partial charge in [-0.3, -0.25) is 19.8 Å². The second-order valence-corrected chi connectivity index (χ2v) is 3.73. The van der Waals surface area contributed by atoms with Crippen molar-refractivity contribution in [2.75, 3.05) is 0 Å². The van der Waals surface area contributed by atoms with Gasteiger partial charge in [0.05, 0.1) is 6.21 Å². The molecule has 0 bridgehead atoms. The van der Waals surface area contributed by atoms with Crippen LogP contribution in [0.4, 0.5) is 0 Å². The molecule has 0 aliphatic carbocycles. The Kier molecular flexibility index (Phi) is 3.13. The Morgan fingerprint density at radius 1 is 1.39 bits per heavy atom. The van der Waals surface area contributed by atoms with E-state index in [1.165, 1.54) is 6.21 Å². The van der Waals surface area contributed by atoms with Crippen molar-refractivity contribution in [1.82, 2.24) is 15.6 Å². The quantitative estimate of drug-likeness (QED) is 0.549. The summed E-state index contributed by atoms with van der Waals surface area (Å²) in [6.07, 6.45) is 1.38. The number of nitrogens with zero attached hydrogens (tertiary/aromatic N) is 1.